The number of hydrogen-bond donors (Lipinski definition) is 2. The van der Waals surface area contributed by atoms with Gasteiger partial charge in [0.05, 0.1) is 11.1 Å². The van der Waals surface area contributed by atoms with E-state index >= 15 is 0 Å². The molecule has 8 nitrogen and oxygen atoms in total. The Morgan fingerprint density at radius 3 is 2.83 bits per heavy atom. The predicted octanol–water partition coefficient (Wildman–Crippen LogP) is 4.68. The van der Waals surface area contributed by atoms with E-state index in [1.165, 1.54) is 0 Å². The molecule has 0 saturated heterocycles. The molecule has 3 aliphatic rings. The molecule has 2 bridgehead atoms. The standard InChI is InChI=1S/C27H25N5O3/c1-3-4-9-18-14-23-21-11-5-6-12-22(21)27(18,32(34)35)17-26(23,2)24(33)31-25-29-16-20(30-25)15-19-10-7-8-13-28-19/h3-14,16,23H,1,15,17H2,2H3,(H2,29,30,31,33)/b9-4-. The van der Waals surface area contributed by atoms with E-state index in [9.17, 15) is 14.9 Å². The molecule has 2 aromatic heterocycles. The number of anilines is 1. The highest BCUT2D eigenvalue weighted by Gasteiger charge is 2.65. The fraction of sp³-hybridized carbons (Fsp3) is 0.222. The van der Waals surface area contributed by atoms with E-state index in [0.717, 1.165) is 17.0 Å². The van der Waals surface area contributed by atoms with E-state index < -0.39 is 11.0 Å². The summed E-state index contributed by atoms with van der Waals surface area (Å²) in [5, 5.41) is 15.5. The minimum Gasteiger partial charge on any atom is -0.330 e. The molecule has 0 fully saturated rings. The zero-order chi connectivity index (χ0) is 24.6. The van der Waals surface area contributed by atoms with Crippen molar-refractivity contribution in [2.45, 2.75) is 31.2 Å². The number of carbonyl (C=O) groups is 1. The molecular weight excluding hydrogens is 442 g/mol. The maximum atomic E-state index is 13.7. The van der Waals surface area contributed by atoms with Gasteiger partial charge in [-0.2, -0.15) is 0 Å². The van der Waals surface area contributed by atoms with Crippen molar-refractivity contribution < 1.29 is 9.72 Å². The lowest BCUT2D eigenvalue weighted by molar-refractivity contribution is -0.573. The summed E-state index contributed by atoms with van der Waals surface area (Å²) in [4.78, 5) is 37.9. The van der Waals surface area contributed by atoms with Crippen LogP contribution in [0.15, 0.2) is 91.3 Å². The molecule has 176 valence electrons. The summed E-state index contributed by atoms with van der Waals surface area (Å²) >= 11 is 0. The van der Waals surface area contributed by atoms with Gasteiger partial charge in [-0.1, -0.05) is 61.2 Å². The van der Waals surface area contributed by atoms with E-state index in [1.54, 1.807) is 43.6 Å². The first-order valence-electron chi connectivity index (χ1n) is 11.4. The van der Waals surface area contributed by atoms with Crippen LogP contribution in [0.2, 0.25) is 0 Å². The van der Waals surface area contributed by atoms with Crippen molar-refractivity contribution >= 4 is 11.9 Å². The van der Waals surface area contributed by atoms with Crippen LogP contribution >= 0.6 is 0 Å². The van der Waals surface area contributed by atoms with Crippen LogP contribution in [0.1, 0.15) is 41.8 Å². The average Bonchev–Trinajstić information content (AvgIpc) is 3.30. The zero-order valence-corrected chi connectivity index (χ0v) is 19.3. The first kappa shape index (κ1) is 22.5. The Balaban J connectivity index is 1.48. The number of hydrogen-bond acceptors (Lipinski definition) is 5. The van der Waals surface area contributed by atoms with Crippen molar-refractivity contribution in [1.82, 2.24) is 15.0 Å². The number of H-pyrrole nitrogens is 1. The van der Waals surface area contributed by atoms with Crippen molar-refractivity contribution in [2.24, 2.45) is 5.41 Å². The number of nitrogens with zero attached hydrogens (tertiary/aromatic N) is 3. The summed E-state index contributed by atoms with van der Waals surface area (Å²) in [6.07, 6.45) is 10.9. The molecule has 1 aromatic carbocycles. The van der Waals surface area contributed by atoms with Gasteiger partial charge in [-0.3, -0.25) is 25.2 Å². The number of aromatic amines is 1. The van der Waals surface area contributed by atoms with Crippen LogP contribution in [-0.4, -0.2) is 25.8 Å². The molecule has 1 amide bonds. The fourth-order valence-electron chi connectivity index (χ4n) is 5.38. The van der Waals surface area contributed by atoms with Crippen LogP contribution in [0.4, 0.5) is 5.95 Å². The highest BCUT2D eigenvalue weighted by molar-refractivity contribution is 5.95. The summed E-state index contributed by atoms with van der Waals surface area (Å²) in [7, 11) is 0. The lowest BCUT2D eigenvalue weighted by atomic mass is 9.52. The van der Waals surface area contributed by atoms with E-state index in [-0.39, 0.29) is 23.2 Å². The van der Waals surface area contributed by atoms with Gasteiger partial charge >= 0.3 is 0 Å². The molecule has 0 aliphatic heterocycles. The normalized spacial score (nSPS) is 24.6. The van der Waals surface area contributed by atoms with Crippen LogP contribution in [0.3, 0.4) is 0 Å². The number of benzene rings is 1. The summed E-state index contributed by atoms with van der Waals surface area (Å²) in [6.45, 7) is 5.48. The van der Waals surface area contributed by atoms with E-state index in [2.05, 4.69) is 26.8 Å². The second-order valence-corrected chi connectivity index (χ2v) is 9.19. The van der Waals surface area contributed by atoms with Crippen molar-refractivity contribution in [3.05, 3.63) is 124 Å². The first-order valence-corrected chi connectivity index (χ1v) is 11.4. The molecule has 3 aromatic rings. The van der Waals surface area contributed by atoms with Crippen LogP contribution in [-0.2, 0) is 16.8 Å². The third-order valence-corrected chi connectivity index (χ3v) is 7.07. The van der Waals surface area contributed by atoms with Gasteiger partial charge < -0.3 is 4.98 Å². The topological polar surface area (TPSA) is 114 Å². The molecule has 0 radical (unpaired) electrons. The molecule has 0 saturated carbocycles. The van der Waals surface area contributed by atoms with Gasteiger partial charge in [-0.25, -0.2) is 4.98 Å². The Morgan fingerprint density at radius 1 is 1.29 bits per heavy atom. The third kappa shape index (κ3) is 3.58. The number of pyridine rings is 1. The Bertz CT molecular complexity index is 1380. The molecule has 2 heterocycles. The number of rotatable bonds is 7. The maximum absolute atomic E-state index is 13.7. The van der Waals surface area contributed by atoms with Gasteiger partial charge in [0.1, 0.15) is 0 Å². The lowest BCUT2D eigenvalue weighted by Gasteiger charge is -2.49. The highest BCUT2D eigenvalue weighted by atomic mass is 16.6. The molecular formula is C27H25N5O3. The van der Waals surface area contributed by atoms with Gasteiger partial charge in [0.15, 0.2) is 0 Å². The SMILES string of the molecule is C=C/C=C\C1=CC2c3ccccc3C1([N+](=O)[O-])CC2(C)C(=O)Nc1nc(Cc2ccccn2)c[nH]1. The number of aromatic nitrogens is 3. The Morgan fingerprint density at radius 2 is 2.09 bits per heavy atom. The molecule has 6 rings (SSSR count). The highest BCUT2D eigenvalue weighted by Crippen LogP contribution is 2.61. The quantitative estimate of drug-likeness (QED) is 0.297. The summed E-state index contributed by atoms with van der Waals surface area (Å²) in [5.41, 5.74) is 1.04. The monoisotopic (exact) mass is 467 g/mol. The smallest absolute Gasteiger partial charge is 0.273 e. The number of nitro groups is 1. The number of amides is 1. The molecule has 35 heavy (non-hydrogen) atoms. The van der Waals surface area contributed by atoms with Gasteiger partial charge in [-0.15, -0.1) is 0 Å². The molecule has 2 N–H and O–H groups in total. The van der Waals surface area contributed by atoms with Crippen LogP contribution in [0, 0.1) is 15.5 Å². The summed E-state index contributed by atoms with van der Waals surface area (Å²) in [5.74, 6) is -0.333. The Kier molecular flexibility index (Phi) is 5.43. The maximum Gasteiger partial charge on any atom is 0.273 e. The van der Waals surface area contributed by atoms with E-state index in [0.29, 0.717) is 23.5 Å². The number of carbonyl (C=O) groups excluding carboxylic acids is 1. The predicted molar refractivity (Wildman–Crippen MR) is 132 cm³/mol. The van der Waals surface area contributed by atoms with E-state index in [1.807, 2.05) is 42.5 Å². The fourth-order valence-corrected chi connectivity index (χ4v) is 5.38. The van der Waals surface area contributed by atoms with Crippen molar-refractivity contribution in [3.63, 3.8) is 0 Å². The summed E-state index contributed by atoms with van der Waals surface area (Å²) in [6, 6.07) is 13.0. The van der Waals surface area contributed by atoms with Crippen LogP contribution < -0.4 is 5.32 Å². The van der Waals surface area contributed by atoms with Crippen molar-refractivity contribution in [3.8, 4) is 0 Å². The van der Waals surface area contributed by atoms with Crippen molar-refractivity contribution in [1.29, 1.82) is 0 Å². The first-order chi connectivity index (χ1) is 16.9. The molecule has 0 spiro atoms. The Hall–Kier alpha value is -4.33. The van der Waals surface area contributed by atoms with Gasteiger partial charge in [-0.05, 0) is 24.6 Å². The third-order valence-electron chi connectivity index (χ3n) is 7.07. The molecule has 8 heteroatoms. The zero-order valence-electron chi connectivity index (χ0n) is 19.3. The minimum atomic E-state index is -1.52. The molecule has 3 atom stereocenters. The number of nitrogens with one attached hydrogen (secondary N) is 2. The molecule has 3 unspecified atom stereocenters. The van der Waals surface area contributed by atoms with Gasteiger partial charge in [0.25, 0.3) is 5.54 Å². The van der Waals surface area contributed by atoms with Gasteiger partial charge in [0, 0.05) is 52.9 Å². The van der Waals surface area contributed by atoms with Crippen LogP contribution in [0.5, 0.6) is 0 Å². The van der Waals surface area contributed by atoms with Crippen molar-refractivity contribution in [2.75, 3.05) is 5.32 Å². The molecule has 3 aliphatic carbocycles. The second kappa shape index (κ2) is 8.47. The number of fused-ring (bicyclic) bond motifs is 1. The van der Waals surface area contributed by atoms with Crippen LogP contribution in [0.25, 0.3) is 0 Å². The van der Waals surface area contributed by atoms with Gasteiger partial charge in [0.2, 0.25) is 11.9 Å². The number of imidazole rings is 1. The largest absolute Gasteiger partial charge is 0.330 e. The second-order valence-electron chi connectivity index (χ2n) is 9.19. The Labute approximate surface area is 202 Å². The lowest BCUT2D eigenvalue weighted by Crippen LogP contribution is -2.55. The average molecular weight is 468 g/mol. The summed E-state index contributed by atoms with van der Waals surface area (Å²) < 4.78 is 0. The minimum absolute atomic E-state index is 0.0370. The van der Waals surface area contributed by atoms with E-state index in [4.69, 9.17) is 0 Å². The number of allylic oxidation sites excluding steroid dienone is 3.